The van der Waals surface area contributed by atoms with Crippen molar-refractivity contribution in [3.05, 3.63) is 62.8 Å². The number of piperidine rings is 1. The number of hydrogen-bond donors (Lipinski definition) is 1. The standard InChI is InChI=1S/C21H18N2O4S/c1-11-17(20(26)27-2)18-19(22-11)14(24)8-15-21(18)9-12(21)10-23(15)16(25)6-5-13-4-3-7-28-13/h3-8,12,22H,9-10H2,1-2H3/b6-5+/t12-,21+/m1/s1. The molecule has 6 nitrogen and oxygen atoms in total. The Labute approximate surface area is 165 Å². The number of nitrogens with zero attached hydrogens (tertiary/aromatic N) is 1. The molecule has 5 rings (SSSR count). The van der Waals surface area contributed by atoms with Crippen LogP contribution in [0.1, 0.15) is 43.4 Å². The van der Waals surface area contributed by atoms with Crippen LogP contribution in [-0.4, -0.2) is 41.2 Å². The number of esters is 1. The van der Waals surface area contributed by atoms with Gasteiger partial charge in [-0.1, -0.05) is 6.07 Å². The number of carbonyl (C=O) groups is 3. The molecular weight excluding hydrogens is 376 g/mol. The molecule has 3 aliphatic rings. The van der Waals surface area contributed by atoms with E-state index >= 15 is 0 Å². The number of aryl methyl sites for hydroxylation is 1. The molecule has 1 saturated heterocycles. The number of carbonyl (C=O) groups excluding carboxylic acids is 3. The van der Waals surface area contributed by atoms with Crippen LogP contribution >= 0.6 is 11.3 Å². The average molecular weight is 394 g/mol. The first kappa shape index (κ1) is 17.2. The molecule has 1 spiro atoms. The minimum absolute atomic E-state index is 0.144. The molecule has 0 bridgehead atoms. The number of ether oxygens (including phenoxy) is 1. The van der Waals surface area contributed by atoms with Gasteiger partial charge in [-0.3, -0.25) is 9.59 Å². The van der Waals surface area contributed by atoms with Crippen molar-refractivity contribution >= 4 is 35.1 Å². The van der Waals surface area contributed by atoms with Crippen LogP contribution in [0.2, 0.25) is 0 Å². The van der Waals surface area contributed by atoms with Crippen LogP contribution in [0, 0.1) is 12.8 Å². The Balaban J connectivity index is 1.55. The summed E-state index contributed by atoms with van der Waals surface area (Å²) in [6.45, 7) is 2.32. The maximum atomic E-state index is 12.8. The van der Waals surface area contributed by atoms with Crippen LogP contribution in [0.15, 0.2) is 35.4 Å². The number of thiophene rings is 1. The largest absolute Gasteiger partial charge is 0.465 e. The minimum atomic E-state index is -0.452. The van der Waals surface area contributed by atoms with Crippen LogP contribution in [0.4, 0.5) is 0 Å². The summed E-state index contributed by atoms with van der Waals surface area (Å²) in [5.74, 6) is -0.592. The quantitative estimate of drug-likeness (QED) is 0.641. The number of aromatic nitrogens is 1. The van der Waals surface area contributed by atoms with Crippen molar-refractivity contribution in [2.45, 2.75) is 18.8 Å². The van der Waals surface area contributed by atoms with Gasteiger partial charge in [0.2, 0.25) is 5.78 Å². The molecule has 2 aromatic rings. The average Bonchev–Trinajstić information content (AvgIpc) is 3.04. The van der Waals surface area contributed by atoms with E-state index in [4.69, 9.17) is 4.74 Å². The van der Waals surface area contributed by atoms with E-state index in [1.807, 2.05) is 17.5 Å². The summed E-state index contributed by atoms with van der Waals surface area (Å²) in [7, 11) is 1.34. The van der Waals surface area contributed by atoms with Crippen molar-refractivity contribution in [3.63, 3.8) is 0 Å². The first-order valence-electron chi connectivity index (χ1n) is 9.08. The Morgan fingerprint density at radius 3 is 2.96 bits per heavy atom. The third kappa shape index (κ3) is 2.16. The molecule has 0 unspecified atom stereocenters. The van der Waals surface area contributed by atoms with Gasteiger partial charge in [0.05, 0.1) is 18.4 Å². The zero-order valence-electron chi connectivity index (χ0n) is 15.4. The van der Waals surface area contributed by atoms with Crippen molar-refractivity contribution in [2.75, 3.05) is 13.7 Å². The van der Waals surface area contributed by atoms with Gasteiger partial charge in [0, 0.05) is 45.9 Å². The zero-order chi connectivity index (χ0) is 19.6. The van der Waals surface area contributed by atoms with Gasteiger partial charge in [-0.25, -0.2) is 4.79 Å². The van der Waals surface area contributed by atoms with Gasteiger partial charge in [0.1, 0.15) is 0 Å². The Morgan fingerprint density at radius 2 is 2.25 bits per heavy atom. The summed E-state index contributed by atoms with van der Waals surface area (Å²) in [6.07, 6.45) is 5.73. The molecule has 7 heteroatoms. The van der Waals surface area contributed by atoms with Crippen molar-refractivity contribution in [2.24, 2.45) is 5.92 Å². The molecule has 0 aromatic carbocycles. The second-order valence-electron chi connectivity index (χ2n) is 7.43. The van der Waals surface area contributed by atoms with Crippen LogP contribution < -0.4 is 0 Å². The number of rotatable bonds is 3. The molecule has 1 aliphatic heterocycles. The Morgan fingerprint density at radius 1 is 1.43 bits per heavy atom. The van der Waals surface area contributed by atoms with Gasteiger partial charge in [-0.2, -0.15) is 0 Å². The number of methoxy groups -OCH3 is 1. The highest BCUT2D eigenvalue weighted by molar-refractivity contribution is 7.10. The normalized spacial score (nSPS) is 24.6. The highest BCUT2D eigenvalue weighted by Crippen LogP contribution is 2.67. The smallest absolute Gasteiger partial charge is 0.340 e. The van der Waals surface area contributed by atoms with Gasteiger partial charge < -0.3 is 14.6 Å². The number of amides is 1. The van der Waals surface area contributed by atoms with Gasteiger partial charge in [-0.05, 0) is 36.8 Å². The fraction of sp³-hybridized carbons (Fsp3) is 0.286. The maximum Gasteiger partial charge on any atom is 0.340 e. The van der Waals surface area contributed by atoms with Crippen LogP contribution in [0.3, 0.4) is 0 Å². The summed E-state index contributed by atoms with van der Waals surface area (Å²) in [5.41, 5.74) is 2.49. The lowest BCUT2D eigenvalue weighted by Crippen LogP contribution is -2.33. The van der Waals surface area contributed by atoms with Gasteiger partial charge in [0.15, 0.2) is 0 Å². The molecular formula is C21H18N2O4S. The fourth-order valence-corrected chi connectivity index (χ4v) is 5.33. The van der Waals surface area contributed by atoms with Crippen LogP contribution in [0.5, 0.6) is 0 Å². The number of fused-ring (bicyclic) bond motifs is 1. The summed E-state index contributed by atoms with van der Waals surface area (Å²) in [6, 6.07) is 3.87. The molecule has 2 atom stereocenters. The maximum absolute atomic E-state index is 12.8. The number of aromatic amines is 1. The van der Waals surface area contributed by atoms with E-state index in [-0.39, 0.29) is 17.6 Å². The third-order valence-electron chi connectivity index (χ3n) is 5.99. The van der Waals surface area contributed by atoms with Crippen LogP contribution in [0.25, 0.3) is 6.08 Å². The monoisotopic (exact) mass is 394 g/mol. The summed E-state index contributed by atoms with van der Waals surface area (Å²) < 4.78 is 4.96. The lowest BCUT2D eigenvalue weighted by Gasteiger charge is -2.27. The summed E-state index contributed by atoms with van der Waals surface area (Å²) >= 11 is 1.56. The second kappa shape index (κ2) is 5.78. The lowest BCUT2D eigenvalue weighted by molar-refractivity contribution is -0.123. The summed E-state index contributed by atoms with van der Waals surface area (Å²) in [4.78, 5) is 43.8. The Hall–Kier alpha value is -2.93. The molecule has 1 N–H and O–H groups in total. The van der Waals surface area contributed by atoms with Crippen molar-refractivity contribution in [1.82, 2.24) is 9.88 Å². The Kier molecular flexibility index (Phi) is 3.55. The first-order valence-corrected chi connectivity index (χ1v) is 9.96. The molecule has 3 heterocycles. The predicted molar refractivity (Wildman–Crippen MR) is 104 cm³/mol. The number of hydrogen-bond acceptors (Lipinski definition) is 5. The van der Waals surface area contributed by atoms with Crippen LogP contribution in [-0.2, 0) is 14.9 Å². The SMILES string of the molecule is COC(=O)c1c(C)[nH]c2c1[C@@]13C[C@@H]1CN(C(=O)/C=C/c1cccs1)C3=CC2=O. The third-order valence-corrected chi connectivity index (χ3v) is 6.83. The van der Waals surface area contributed by atoms with Crippen molar-refractivity contribution in [1.29, 1.82) is 0 Å². The molecule has 142 valence electrons. The highest BCUT2D eigenvalue weighted by atomic mass is 32.1. The van der Waals surface area contributed by atoms with E-state index in [9.17, 15) is 14.4 Å². The summed E-state index contributed by atoms with van der Waals surface area (Å²) in [5, 5.41) is 1.95. The Bertz CT molecular complexity index is 1090. The molecule has 1 amide bonds. The first-order chi connectivity index (χ1) is 13.5. The number of H-pyrrole nitrogens is 1. The number of allylic oxidation sites excluding steroid dienone is 2. The lowest BCUT2D eigenvalue weighted by atomic mass is 9.82. The van der Waals surface area contributed by atoms with E-state index < -0.39 is 11.4 Å². The van der Waals surface area contributed by atoms with E-state index in [1.165, 1.54) is 7.11 Å². The topological polar surface area (TPSA) is 79.5 Å². The van der Waals surface area contributed by atoms with Gasteiger partial charge in [0.25, 0.3) is 5.91 Å². The van der Waals surface area contributed by atoms with E-state index in [1.54, 1.807) is 41.4 Å². The molecule has 28 heavy (non-hydrogen) atoms. The fourth-order valence-electron chi connectivity index (χ4n) is 4.71. The van der Waals surface area contributed by atoms with Crippen molar-refractivity contribution < 1.29 is 19.1 Å². The minimum Gasteiger partial charge on any atom is -0.465 e. The molecule has 0 radical (unpaired) electrons. The number of likely N-dealkylation sites (tertiary alicyclic amines) is 1. The van der Waals surface area contributed by atoms with Crippen molar-refractivity contribution in [3.8, 4) is 0 Å². The van der Waals surface area contributed by atoms with E-state index in [0.29, 0.717) is 34.8 Å². The molecule has 2 aliphatic carbocycles. The molecule has 1 saturated carbocycles. The highest BCUT2D eigenvalue weighted by Gasteiger charge is 2.68. The second-order valence-corrected chi connectivity index (χ2v) is 8.41. The number of nitrogens with one attached hydrogen (secondary N) is 1. The van der Waals surface area contributed by atoms with E-state index in [2.05, 4.69) is 4.98 Å². The van der Waals surface area contributed by atoms with E-state index in [0.717, 1.165) is 11.3 Å². The van der Waals surface area contributed by atoms with Gasteiger partial charge in [-0.15, -0.1) is 11.3 Å². The number of ketones is 1. The molecule has 2 fully saturated rings. The molecule has 2 aromatic heterocycles. The van der Waals surface area contributed by atoms with Gasteiger partial charge >= 0.3 is 5.97 Å². The zero-order valence-corrected chi connectivity index (χ0v) is 16.3. The predicted octanol–water partition coefficient (Wildman–Crippen LogP) is 3.06.